The summed E-state index contributed by atoms with van der Waals surface area (Å²) in [6.45, 7) is 2.21. The van der Waals surface area contributed by atoms with Gasteiger partial charge in [0.15, 0.2) is 0 Å². The van der Waals surface area contributed by atoms with Crippen LogP contribution in [-0.2, 0) is 6.42 Å². The highest BCUT2D eigenvalue weighted by Gasteiger charge is 2.09. The Morgan fingerprint density at radius 2 is 1.94 bits per heavy atom. The maximum Gasteiger partial charge on any atom is 0.276 e. The third-order valence-electron chi connectivity index (χ3n) is 3.04. The Labute approximate surface area is 109 Å². The highest BCUT2D eigenvalue weighted by Crippen LogP contribution is 2.12. The summed E-state index contributed by atoms with van der Waals surface area (Å²) in [6.07, 6.45) is 7.24. The third-order valence-corrected chi connectivity index (χ3v) is 3.04. The van der Waals surface area contributed by atoms with Crippen molar-refractivity contribution in [2.45, 2.75) is 45.4 Å². The minimum Gasteiger partial charge on any atom is -0.286 e. The van der Waals surface area contributed by atoms with Crippen molar-refractivity contribution in [1.29, 1.82) is 0 Å². The Balaban J connectivity index is 2.47. The highest BCUT2D eigenvalue weighted by molar-refractivity contribution is 5.93. The number of amides is 1. The van der Waals surface area contributed by atoms with Crippen LogP contribution in [0.2, 0.25) is 0 Å². The molecule has 0 saturated heterocycles. The summed E-state index contributed by atoms with van der Waals surface area (Å²) in [5.41, 5.74) is 1.71. The molecule has 1 aromatic rings. The van der Waals surface area contributed by atoms with E-state index in [0.29, 0.717) is 10.6 Å². The van der Waals surface area contributed by atoms with Crippen molar-refractivity contribution >= 4 is 5.91 Å². The molecular formula is C15H23NO2. The fourth-order valence-corrected chi connectivity index (χ4v) is 1.98. The quantitative estimate of drug-likeness (QED) is 0.455. The van der Waals surface area contributed by atoms with E-state index >= 15 is 0 Å². The minimum absolute atomic E-state index is 0.358. The molecule has 0 atom stereocenters. The third kappa shape index (κ3) is 4.88. The van der Waals surface area contributed by atoms with Gasteiger partial charge in [0, 0.05) is 12.6 Å². The Morgan fingerprint density at radius 1 is 1.22 bits per heavy atom. The second-order valence-electron chi connectivity index (χ2n) is 4.69. The Kier molecular flexibility index (Phi) is 6.44. The van der Waals surface area contributed by atoms with Gasteiger partial charge in [-0.05, 0) is 30.5 Å². The second-order valence-corrected chi connectivity index (χ2v) is 4.69. The van der Waals surface area contributed by atoms with Crippen LogP contribution in [0.25, 0.3) is 0 Å². The molecule has 0 spiro atoms. The average Bonchev–Trinajstić information content (AvgIpc) is 2.38. The van der Waals surface area contributed by atoms with Crippen molar-refractivity contribution < 1.29 is 10.0 Å². The fraction of sp³-hybridized carbons (Fsp3) is 0.533. The molecule has 0 unspecified atom stereocenters. The lowest BCUT2D eigenvalue weighted by atomic mass is 10.0. The number of unbranched alkanes of at least 4 members (excludes halogenated alkanes) is 4. The van der Waals surface area contributed by atoms with Crippen molar-refractivity contribution in [2.75, 3.05) is 7.05 Å². The predicted octanol–water partition coefficient (Wildman–Crippen LogP) is 3.66. The monoisotopic (exact) mass is 249 g/mol. The lowest BCUT2D eigenvalue weighted by Gasteiger charge is -2.09. The van der Waals surface area contributed by atoms with Crippen molar-refractivity contribution in [3.05, 3.63) is 35.4 Å². The van der Waals surface area contributed by atoms with Gasteiger partial charge in [0.2, 0.25) is 0 Å². The van der Waals surface area contributed by atoms with E-state index in [-0.39, 0.29) is 5.91 Å². The van der Waals surface area contributed by atoms with Crippen LogP contribution in [0.4, 0.5) is 0 Å². The highest BCUT2D eigenvalue weighted by atomic mass is 16.5. The number of carbonyl (C=O) groups excluding carboxylic acids is 1. The summed E-state index contributed by atoms with van der Waals surface area (Å²) in [7, 11) is 1.35. The molecule has 0 aliphatic carbocycles. The molecule has 1 N–H and O–H groups in total. The van der Waals surface area contributed by atoms with Crippen LogP contribution < -0.4 is 0 Å². The first kappa shape index (κ1) is 14.7. The van der Waals surface area contributed by atoms with Gasteiger partial charge in [-0.25, -0.2) is 5.06 Å². The van der Waals surface area contributed by atoms with Crippen molar-refractivity contribution in [1.82, 2.24) is 5.06 Å². The molecule has 100 valence electrons. The van der Waals surface area contributed by atoms with Gasteiger partial charge in [0.1, 0.15) is 0 Å². The van der Waals surface area contributed by atoms with E-state index < -0.39 is 0 Å². The molecule has 0 radical (unpaired) electrons. The smallest absolute Gasteiger partial charge is 0.276 e. The summed E-state index contributed by atoms with van der Waals surface area (Å²) in [4.78, 5) is 11.6. The molecule has 3 nitrogen and oxygen atoms in total. The number of benzene rings is 1. The molecule has 0 aliphatic heterocycles. The lowest BCUT2D eigenvalue weighted by Crippen LogP contribution is -2.22. The van der Waals surface area contributed by atoms with Crippen LogP contribution >= 0.6 is 0 Å². The van der Waals surface area contributed by atoms with Gasteiger partial charge < -0.3 is 0 Å². The Morgan fingerprint density at radius 3 is 2.61 bits per heavy atom. The van der Waals surface area contributed by atoms with Gasteiger partial charge in [-0.1, -0.05) is 44.7 Å². The van der Waals surface area contributed by atoms with E-state index in [0.717, 1.165) is 12.8 Å². The number of rotatable bonds is 7. The number of hydrogen-bond donors (Lipinski definition) is 1. The normalized spacial score (nSPS) is 10.4. The maximum absolute atomic E-state index is 11.6. The van der Waals surface area contributed by atoms with E-state index in [9.17, 15) is 4.79 Å². The first-order chi connectivity index (χ1) is 8.65. The number of nitrogens with zero attached hydrogens (tertiary/aromatic N) is 1. The lowest BCUT2D eigenvalue weighted by molar-refractivity contribution is -0.0375. The van der Waals surface area contributed by atoms with Crippen molar-refractivity contribution in [2.24, 2.45) is 0 Å². The van der Waals surface area contributed by atoms with E-state index in [1.807, 2.05) is 18.2 Å². The molecular weight excluding hydrogens is 226 g/mol. The molecule has 1 aromatic carbocycles. The predicted molar refractivity (Wildman–Crippen MR) is 72.8 cm³/mol. The Bertz CT molecular complexity index is 375. The summed E-state index contributed by atoms with van der Waals surface area (Å²) in [5, 5.41) is 9.75. The molecule has 18 heavy (non-hydrogen) atoms. The summed E-state index contributed by atoms with van der Waals surface area (Å²) < 4.78 is 0. The molecule has 0 aliphatic rings. The zero-order chi connectivity index (χ0) is 13.4. The van der Waals surface area contributed by atoms with Crippen molar-refractivity contribution in [3.8, 4) is 0 Å². The van der Waals surface area contributed by atoms with Crippen LogP contribution in [0.5, 0.6) is 0 Å². The average molecular weight is 249 g/mol. The summed E-state index contributed by atoms with van der Waals surface area (Å²) in [5.74, 6) is -0.358. The largest absolute Gasteiger partial charge is 0.286 e. The van der Waals surface area contributed by atoms with E-state index in [4.69, 9.17) is 5.21 Å². The van der Waals surface area contributed by atoms with Gasteiger partial charge in [-0.15, -0.1) is 0 Å². The Hall–Kier alpha value is -1.35. The van der Waals surface area contributed by atoms with Gasteiger partial charge in [-0.3, -0.25) is 10.0 Å². The number of hydrogen-bond acceptors (Lipinski definition) is 2. The van der Waals surface area contributed by atoms with Gasteiger partial charge in [-0.2, -0.15) is 0 Å². The van der Waals surface area contributed by atoms with Gasteiger partial charge in [0.05, 0.1) is 0 Å². The zero-order valence-electron chi connectivity index (χ0n) is 11.4. The first-order valence-corrected chi connectivity index (χ1v) is 6.71. The van der Waals surface area contributed by atoms with Crippen LogP contribution in [0, 0.1) is 0 Å². The topological polar surface area (TPSA) is 40.5 Å². The number of carbonyl (C=O) groups is 1. The number of aryl methyl sites for hydroxylation is 1. The summed E-state index contributed by atoms with van der Waals surface area (Å²) in [6, 6.07) is 7.51. The molecule has 0 aromatic heterocycles. The van der Waals surface area contributed by atoms with Gasteiger partial charge >= 0.3 is 0 Å². The molecule has 1 rings (SSSR count). The molecule has 1 amide bonds. The van der Waals surface area contributed by atoms with Crippen LogP contribution in [0.15, 0.2) is 24.3 Å². The zero-order valence-corrected chi connectivity index (χ0v) is 11.4. The number of hydroxylamine groups is 2. The fourth-order valence-electron chi connectivity index (χ4n) is 1.98. The second kappa shape index (κ2) is 7.88. The van der Waals surface area contributed by atoms with Crippen LogP contribution in [0.3, 0.4) is 0 Å². The minimum atomic E-state index is -0.358. The van der Waals surface area contributed by atoms with Crippen molar-refractivity contribution in [3.63, 3.8) is 0 Å². The molecule has 0 saturated carbocycles. The first-order valence-electron chi connectivity index (χ1n) is 6.71. The molecule has 3 heteroatoms. The SMILES string of the molecule is CCCCCCCc1cccc(C(=O)N(C)O)c1. The van der Waals surface area contributed by atoms with E-state index in [1.165, 1.54) is 38.3 Å². The molecule has 0 fully saturated rings. The van der Waals surface area contributed by atoms with E-state index in [1.54, 1.807) is 6.07 Å². The van der Waals surface area contributed by atoms with Crippen LogP contribution in [-0.4, -0.2) is 23.2 Å². The standard InChI is InChI=1S/C15H23NO2/c1-3-4-5-6-7-9-13-10-8-11-14(12-13)15(17)16(2)18/h8,10-12,18H,3-7,9H2,1-2H3. The summed E-state index contributed by atoms with van der Waals surface area (Å²) >= 11 is 0. The van der Waals surface area contributed by atoms with E-state index in [2.05, 4.69) is 6.92 Å². The maximum atomic E-state index is 11.6. The molecule has 0 bridgehead atoms. The molecule has 0 heterocycles. The van der Waals surface area contributed by atoms with Gasteiger partial charge in [0.25, 0.3) is 5.91 Å². The van der Waals surface area contributed by atoms with Crippen LogP contribution in [0.1, 0.15) is 54.9 Å².